The molecule has 0 saturated carbocycles. The summed E-state index contributed by atoms with van der Waals surface area (Å²) in [5, 5.41) is 7.12. The van der Waals surface area contributed by atoms with E-state index in [1.165, 1.54) is 12.0 Å². The molecule has 0 bridgehead atoms. The van der Waals surface area contributed by atoms with E-state index in [2.05, 4.69) is 9.97 Å². The summed E-state index contributed by atoms with van der Waals surface area (Å²) in [7, 11) is 1.49. The molecule has 2 atom stereocenters. The predicted octanol–water partition coefficient (Wildman–Crippen LogP) is 0.764. The number of nitrogens with zero attached hydrogens (tertiary/aromatic N) is 3. The van der Waals surface area contributed by atoms with Crippen LogP contribution in [-0.4, -0.2) is 94.2 Å². The molecule has 0 radical (unpaired) electrons. The molecule has 0 aromatic carbocycles. The van der Waals surface area contributed by atoms with Crippen molar-refractivity contribution < 1.29 is 41.4 Å². The van der Waals surface area contributed by atoms with Crippen molar-refractivity contribution in [2.24, 2.45) is 0 Å². The number of aliphatic carboxylic acids is 1. The largest absolute Gasteiger partial charge is 0.490 e. The van der Waals surface area contributed by atoms with Gasteiger partial charge in [0.2, 0.25) is 5.67 Å². The van der Waals surface area contributed by atoms with Crippen LogP contribution in [-0.2, 0) is 20.9 Å². The number of likely N-dealkylation sites (tertiary alicyclic amines) is 2. The number of nitrogens with one attached hydrogen (secondary N) is 1. The first kappa shape index (κ1) is 22.0. The fourth-order valence-corrected chi connectivity index (χ4v) is 3.14. The fourth-order valence-electron chi connectivity index (χ4n) is 3.14. The fraction of sp³-hybridized carbons (Fsp3) is 0.667. The highest BCUT2D eigenvalue weighted by atomic mass is 19.4. The third kappa shape index (κ3) is 4.41. The van der Waals surface area contributed by atoms with Gasteiger partial charge in [-0.25, -0.2) is 18.6 Å². The molecule has 2 aliphatic rings. The minimum atomic E-state index is -5.08. The molecule has 8 nitrogen and oxygen atoms in total. The van der Waals surface area contributed by atoms with E-state index in [1.807, 2.05) is 0 Å². The lowest BCUT2D eigenvalue weighted by molar-refractivity contribution is -0.192. The number of alkyl halides is 5. The van der Waals surface area contributed by atoms with Crippen LogP contribution in [0.15, 0.2) is 12.4 Å². The summed E-state index contributed by atoms with van der Waals surface area (Å²) in [5.41, 5.74) is -4.63. The van der Waals surface area contributed by atoms with Gasteiger partial charge in [-0.15, -0.1) is 0 Å². The maximum Gasteiger partial charge on any atom is 0.490 e. The monoisotopic (exact) mass is 414 g/mol. The number of carboxylic acids is 1. The third-order valence-electron chi connectivity index (χ3n) is 4.43. The van der Waals surface area contributed by atoms with Gasteiger partial charge in [-0.2, -0.15) is 13.2 Å². The van der Waals surface area contributed by atoms with Crippen LogP contribution in [0.4, 0.5) is 22.0 Å². The molecule has 1 amide bonds. The molecular weight excluding hydrogens is 395 g/mol. The second-order valence-corrected chi connectivity index (χ2v) is 6.47. The SMILES string of the molecule is COCCN1C[C@@]2(F)CN(Cc3ncc[nH]3)C[C@@]2(F)C1=O.O=C(O)C(F)(F)F. The minimum Gasteiger partial charge on any atom is -0.475 e. The first-order valence-corrected chi connectivity index (χ1v) is 8.10. The van der Waals surface area contributed by atoms with E-state index < -0.39 is 29.4 Å². The van der Waals surface area contributed by atoms with Crippen LogP contribution >= 0.6 is 0 Å². The van der Waals surface area contributed by atoms with Gasteiger partial charge in [-0.3, -0.25) is 9.69 Å². The van der Waals surface area contributed by atoms with Crippen molar-refractivity contribution in [3.8, 4) is 0 Å². The first-order valence-electron chi connectivity index (χ1n) is 8.10. The number of carbonyl (C=O) groups excluding carboxylic acids is 1. The number of fused-ring (bicyclic) bond motifs is 1. The van der Waals surface area contributed by atoms with Crippen LogP contribution < -0.4 is 0 Å². The summed E-state index contributed by atoms with van der Waals surface area (Å²) in [5.74, 6) is -2.90. The second-order valence-electron chi connectivity index (χ2n) is 6.47. The van der Waals surface area contributed by atoms with E-state index in [1.54, 1.807) is 17.3 Å². The summed E-state index contributed by atoms with van der Waals surface area (Å²) in [6.45, 7) is 0.209. The van der Waals surface area contributed by atoms with Crippen LogP contribution in [0.2, 0.25) is 0 Å². The van der Waals surface area contributed by atoms with E-state index in [-0.39, 0.29) is 32.8 Å². The van der Waals surface area contributed by atoms with Gasteiger partial charge < -0.3 is 19.7 Å². The van der Waals surface area contributed by atoms with Gasteiger partial charge in [0.1, 0.15) is 5.82 Å². The number of aromatic nitrogens is 2. The van der Waals surface area contributed by atoms with Gasteiger partial charge in [0, 0.05) is 39.1 Å². The Labute approximate surface area is 156 Å². The van der Waals surface area contributed by atoms with Crippen molar-refractivity contribution in [1.29, 1.82) is 0 Å². The molecule has 1 aromatic heterocycles. The molecule has 3 heterocycles. The predicted molar refractivity (Wildman–Crippen MR) is 83.7 cm³/mol. The van der Waals surface area contributed by atoms with Gasteiger partial charge in [0.15, 0.2) is 5.67 Å². The zero-order valence-electron chi connectivity index (χ0n) is 14.8. The highest BCUT2D eigenvalue weighted by molar-refractivity contribution is 5.90. The van der Waals surface area contributed by atoms with Crippen LogP contribution in [0.5, 0.6) is 0 Å². The molecule has 0 unspecified atom stereocenters. The van der Waals surface area contributed by atoms with Crippen molar-refractivity contribution in [3.63, 3.8) is 0 Å². The number of carbonyl (C=O) groups is 2. The van der Waals surface area contributed by atoms with Crippen LogP contribution in [0.1, 0.15) is 5.82 Å². The van der Waals surface area contributed by atoms with Crippen molar-refractivity contribution in [2.75, 3.05) is 39.9 Å². The number of ether oxygens (including phenoxy) is 1. The molecule has 0 spiro atoms. The van der Waals surface area contributed by atoms with E-state index in [0.717, 1.165) is 0 Å². The Bertz CT molecular complexity index is 701. The number of rotatable bonds is 5. The summed E-state index contributed by atoms with van der Waals surface area (Å²) in [6, 6.07) is 0. The third-order valence-corrected chi connectivity index (χ3v) is 4.43. The number of H-pyrrole nitrogens is 1. The van der Waals surface area contributed by atoms with Gasteiger partial charge in [-0.05, 0) is 0 Å². The van der Waals surface area contributed by atoms with Crippen LogP contribution in [0.25, 0.3) is 0 Å². The van der Waals surface area contributed by atoms with Gasteiger partial charge >= 0.3 is 12.1 Å². The standard InChI is InChI=1S/C13H18F2N4O2.C2HF3O2/c1-21-5-4-19-8-12(14)7-18(6-10-16-2-3-17-10)9-13(12,15)11(19)20;3-2(4,5)1(6)7/h2-3H,4-9H2,1H3,(H,16,17);(H,6,7)/t12-,13+;/m0./s1. The summed E-state index contributed by atoms with van der Waals surface area (Å²) < 4.78 is 66.5. The molecule has 13 heteroatoms. The van der Waals surface area contributed by atoms with Crippen molar-refractivity contribution in [2.45, 2.75) is 24.1 Å². The van der Waals surface area contributed by atoms with Crippen LogP contribution in [0, 0.1) is 0 Å². The average molecular weight is 414 g/mol. The molecular formula is C15H19F5N4O4. The maximum absolute atomic E-state index is 15.0. The van der Waals surface area contributed by atoms with Crippen LogP contribution in [0.3, 0.4) is 0 Å². The molecule has 2 aliphatic heterocycles. The smallest absolute Gasteiger partial charge is 0.475 e. The maximum atomic E-state index is 15.0. The molecule has 2 saturated heterocycles. The summed E-state index contributed by atoms with van der Waals surface area (Å²) in [4.78, 5) is 30.8. The Morgan fingerprint density at radius 1 is 1.36 bits per heavy atom. The first-order chi connectivity index (χ1) is 12.9. The number of halogens is 5. The Morgan fingerprint density at radius 3 is 2.46 bits per heavy atom. The van der Waals surface area contributed by atoms with Gasteiger partial charge in [-0.1, -0.05) is 0 Å². The zero-order valence-corrected chi connectivity index (χ0v) is 14.8. The van der Waals surface area contributed by atoms with E-state index >= 15 is 0 Å². The summed E-state index contributed by atoms with van der Waals surface area (Å²) >= 11 is 0. The average Bonchev–Trinajstić information content (AvgIpc) is 3.22. The molecule has 2 fully saturated rings. The molecule has 158 valence electrons. The lowest BCUT2D eigenvalue weighted by Gasteiger charge is -2.21. The minimum absolute atomic E-state index is 0.112. The number of aromatic amines is 1. The van der Waals surface area contributed by atoms with Crippen molar-refractivity contribution in [3.05, 3.63) is 18.2 Å². The van der Waals surface area contributed by atoms with Gasteiger partial charge in [0.05, 0.1) is 19.7 Å². The molecule has 3 rings (SSSR count). The molecule has 0 aliphatic carbocycles. The lowest BCUT2D eigenvalue weighted by atomic mass is 9.93. The highest BCUT2D eigenvalue weighted by Crippen LogP contribution is 2.45. The second kappa shape index (κ2) is 7.99. The molecule has 28 heavy (non-hydrogen) atoms. The number of carboxylic acid groups (broad SMARTS) is 1. The number of amides is 1. The topological polar surface area (TPSA) is 98.8 Å². The van der Waals surface area contributed by atoms with Crippen molar-refractivity contribution in [1.82, 2.24) is 19.8 Å². The van der Waals surface area contributed by atoms with Crippen molar-refractivity contribution >= 4 is 11.9 Å². The number of hydrogen-bond acceptors (Lipinski definition) is 5. The Morgan fingerprint density at radius 2 is 2.00 bits per heavy atom. The van der Waals surface area contributed by atoms with E-state index in [0.29, 0.717) is 12.4 Å². The number of hydrogen-bond donors (Lipinski definition) is 2. The molecule has 2 N–H and O–H groups in total. The normalized spacial score (nSPS) is 27.5. The zero-order chi connectivity index (χ0) is 21.2. The number of imidazole rings is 1. The highest BCUT2D eigenvalue weighted by Gasteiger charge is 2.70. The Kier molecular flexibility index (Phi) is 6.28. The summed E-state index contributed by atoms with van der Waals surface area (Å²) in [6.07, 6.45) is -1.85. The molecule has 1 aromatic rings. The van der Waals surface area contributed by atoms with E-state index in [9.17, 15) is 26.7 Å². The van der Waals surface area contributed by atoms with E-state index in [4.69, 9.17) is 14.6 Å². The Balaban J connectivity index is 0.000000345. The number of methoxy groups -OCH3 is 1. The quantitative estimate of drug-likeness (QED) is 0.691. The lowest BCUT2D eigenvalue weighted by Crippen LogP contribution is -2.47. The Hall–Kier alpha value is -2.28. The van der Waals surface area contributed by atoms with Gasteiger partial charge in [0.25, 0.3) is 5.91 Å².